The number of hydrogen-bond acceptors (Lipinski definition) is 5. The molecule has 2 atom stereocenters. The lowest BCUT2D eigenvalue weighted by atomic mass is 10.0. The lowest BCUT2D eigenvalue weighted by Crippen LogP contribution is -2.43. The van der Waals surface area contributed by atoms with Crippen LogP contribution in [0.1, 0.15) is 12.2 Å². The van der Waals surface area contributed by atoms with E-state index in [1.165, 1.54) is 0 Å². The molecule has 2 rings (SSSR count). The number of carbonyl (C=O) groups is 1. The van der Waals surface area contributed by atoms with Gasteiger partial charge >= 0.3 is 0 Å². The van der Waals surface area contributed by atoms with Gasteiger partial charge in [0.2, 0.25) is 5.91 Å². The first-order valence-corrected chi connectivity index (χ1v) is 6.24. The molecule has 2 unspecified atom stereocenters. The Balaban J connectivity index is 2.03. The van der Waals surface area contributed by atoms with Crippen molar-refractivity contribution in [2.75, 3.05) is 19.8 Å². The third-order valence-electron chi connectivity index (χ3n) is 3.17. The molecule has 1 aromatic rings. The van der Waals surface area contributed by atoms with Gasteiger partial charge in [0.25, 0.3) is 0 Å². The fourth-order valence-electron chi connectivity index (χ4n) is 2.10. The average Bonchev–Trinajstić information content (AvgIpc) is 3.05. The minimum absolute atomic E-state index is 0.0725. The van der Waals surface area contributed by atoms with Gasteiger partial charge in [-0.2, -0.15) is 5.26 Å². The number of rotatable bonds is 5. The first-order valence-electron chi connectivity index (χ1n) is 6.24. The largest absolute Gasteiger partial charge is 0.467 e. The van der Waals surface area contributed by atoms with Crippen LogP contribution in [0.2, 0.25) is 0 Å². The molecule has 0 aliphatic carbocycles. The van der Waals surface area contributed by atoms with E-state index in [9.17, 15) is 4.79 Å². The van der Waals surface area contributed by atoms with Gasteiger partial charge in [-0.3, -0.25) is 4.79 Å². The van der Waals surface area contributed by atoms with E-state index in [2.05, 4.69) is 0 Å². The second-order valence-corrected chi connectivity index (χ2v) is 4.56. The summed E-state index contributed by atoms with van der Waals surface area (Å²) in [4.78, 5) is 14.0. The van der Waals surface area contributed by atoms with Crippen molar-refractivity contribution in [1.29, 1.82) is 5.26 Å². The minimum Gasteiger partial charge on any atom is -0.467 e. The predicted molar refractivity (Wildman–Crippen MR) is 66.6 cm³/mol. The van der Waals surface area contributed by atoms with Crippen LogP contribution in [-0.2, 0) is 16.1 Å². The van der Waals surface area contributed by atoms with E-state index in [1.54, 1.807) is 23.3 Å². The van der Waals surface area contributed by atoms with Gasteiger partial charge in [-0.15, -0.1) is 0 Å². The predicted octanol–water partition coefficient (Wildman–Crippen LogP) is 0.496. The Morgan fingerprint density at radius 1 is 1.58 bits per heavy atom. The highest BCUT2D eigenvalue weighted by Gasteiger charge is 2.34. The Bertz CT molecular complexity index is 452. The van der Waals surface area contributed by atoms with E-state index in [-0.39, 0.29) is 24.3 Å². The summed E-state index contributed by atoms with van der Waals surface area (Å²) >= 11 is 0. The number of amides is 1. The maximum atomic E-state index is 12.4. The van der Waals surface area contributed by atoms with Gasteiger partial charge < -0.3 is 19.8 Å². The molecule has 1 aliphatic rings. The molecule has 19 heavy (non-hydrogen) atoms. The molecule has 1 fully saturated rings. The summed E-state index contributed by atoms with van der Waals surface area (Å²) in [6.45, 7) is 1.49. The van der Waals surface area contributed by atoms with Gasteiger partial charge in [-0.1, -0.05) is 0 Å². The van der Waals surface area contributed by atoms with Crippen LogP contribution in [0.4, 0.5) is 0 Å². The molecule has 6 nitrogen and oxygen atoms in total. The van der Waals surface area contributed by atoms with Crippen molar-refractivity contribution in [1.82, 2.24) is 4.90 Å². The smallest absolute Gasteiger partial charge is 0.230 e. The zero-order valence-electron chi connectivity index (χ0n) is 10.6. The van der Waals surface area contributed by atoms with E-state index in [0.717, 1.165) is 0 Å². The molecular formula is C13H17N3O3. The number of ether oxygens (including phenoxy) is 1. The van der Waals surface area contributed by atoms with Gasteiger partial charge in [0, 0.05) is 12.6 Å². The highest BCUT2D eigenvalue weighted by atomic mass is 16.5. The van der Waals surface area contributed by atoms with E-state index in [0.29, 0.717) is 32.1 Å². The number of nitrogens with two attached hydrogens (primary N) is 1. The molecule has 102 valence electrons. The lowest BCUT2D eigenvalue weighted by Gasteiger charge is -2.24. The lowest BCUT2D eigenvalue weighted by molar-refractivity contribution is -0.136. The zero-order valence-corrected chi connectivity index (χ0v) is 10.6. The number of carbonyl (C=O) groups excluding carboxylic acids is 1. The van der Waals surface area contributed by atoms with Crippen LogP contribution in [0.25, 0.3) is 0 Å². The molecular weight excluding hydrogens is 246 g/mol. The Labute approximate surface area is 111 Å². The second-order valence-electron chi connectivity index (χ2n) is 4.56. The number of furan rings is 1. The summed E-state index contributed by atoms with van der Waals surface area (Å²) < 4.78 is 10.5. The Morgan fingerprint density at radius 2 is 2.42 bits per heavy atom. The Hall–Kier alpha value is -1.84. The molecule has 6 heteroatoms. The monoisotopic (exact) mass is 263 g/mol. The molecule has 0 spiro atoms. The van der Waals surface area contributed by atoms with E-state index in [1.807, 2.05) is 6.07 Å². The molecule has 2 heterocycles. The van der Waals surface area contributed by atoms with Crippen molar-refractivity contribution in [2.24, 2.45) is 11.7 Å². The Kier molecular flexibility index (Phi) is 4.55. The molecule has 2 N–H and O–H groups in total. The molecule has 1 aromatic heterocycles. The fraction of sp³-hybridized carbons (Fsp3) is 0.538. The molecule has 0 radical (unpaired) electrons. The summed E-state index contributed by atoms with van der Waals surface area (Å²) in [5, 5.41) is 8.68. The van der Waals surface area contributed by atoms with Crippen LogP contribution in [0.15, 0.2) is 22.8 Å². The van der Waals surface area contributed by atoms with Crippen molar-refractivity contribution < 1.29 is 13.9 Å². The number of hydrogen-bond donors (Lipinski definition) is 1. The van der Waals surface area contributed by atoms with Crippen LogP contribution in [0.3, 0.4) is 0 Å². The maximum absolute atomic E-state index is 12.4. The third kappa shape index (κ3) is 3.34. The van der Waals surface area contributed by atoms with Crippen molar-refractivity contribution >= 4 is 5.91 Å². The minimum atomic E-state index is -0.325. The molecule has 1 amide bonds. The molecule has 1 aliphatic heterocycles. The SMILES string of the molecule is N#CCCN(Cc1ccco1)C(=O)C1COCC1N. The van der Waals surface area contributed by atoms with Crippen molar-refractivity contribution in [3.05, 3.63) is 24.2 Å². The third-order valence-corrected chi connectivity index (χ3v) is 3.17. The highest BCUT2D eigenvalue weighted by molar-refractivity contribution is 5.80. The second kappa shape index (κ2) is 6.36. The standard InChI is InChI=1S/C13H17N3O3/c14-4-2-5-16(7-10-3-1-6-19-10)13(17)11-8-18-9-12(11)15/h1,3,6,11-12H,2,5,7-9,15H2. The topological polar surface area (TPSA) is 92.5 Å². The molecule has 0 saturated carbocycles. The van der Waals surface area contributed by atoms with E-state index >= 15 is 0 Å². The first-order chi connectivity index (χ1) is 9.22. The molecule has 0 bridgehead atoms. The van der Waals surface area contributed by atoms with Gasteiger partial charge in [0.1, 0.15) is 5.76 Å². The van der Waals surface area contributed by atoms with Gasteiger partial charge in [0.15, 0.2) is 0 Å². The number of nitriles is 1. The van der Waals surface area contributed by atoms with Crippen molar-refractivity contribution in [3.8, 4) is 6.07 Å². The maximum Gasteiger partial charge on any atom is 0.230 e. The summed E-state index contributed by atoms with van der Waals surface area (Å²) in [6.07, 6.45) is 1.85. The average molecular weight is 263 g/mol. The van der Waals surface area contributed by atoms with Crippen LogP contribution in [0.5, 0.6) is 0 Å². The van der Waals surface area contributed by atoms with E-state index in [4.69, 9.17) is 20.1 Å². The van der Waals surface area contributed by atoms with E-state index < -0.39 is 0 Å². The quantitative estimate of drug-likeness (QED) is 0.834. The summed E-state index contributed by atoms with van der Waals surface area (Å²) in [5.41, 5.74) is 5.86. The van der Waals surface area contributed by atoms with Gasteiger partial charge in [-0.25, -0.2) is 0 Å². The van der Waals surface area contributed by atoms with Crippen molar-refractivity contribution in [2.45, 2.75) is 19.0 Å². The Morgan fingerprint density at radius 3 is 3.00 bits per heavy atom. The van der Waals surface area contributed by atoms with Gasteiger partial charge in [-0.05, 0) is 12.1 Å². The van der Waals surface area contributed by atoms with Crippen molar-refractivity contribution in [3.63, 3.8) is 0 Å². The van der Waals surface area contributed by atoms with Crippen LogP contribution >= 0.6 is 0 Å². The van der Waals surface area contributed by atoms with Crippen LogP contribution in [0, 0.1) is 17.2 Å². The summed E-state index contributed by atoms with van der Waals surface area (Å²) in [5.74, 6) is 0.295. The van der Waals surface area contributed by atoms with Gasteiger partial charge in [0.05, 0.1) is 44.4 Å². The zero-order chi connectivity index (χ0) is 13.7. The highest BCUT2D eigenvalue weighted by Crippen LogP contribution is 2.17. The molecule has 0 aromatic carbocycles. The first kappa shape index (κ1) is 13.6. The number of nitrogens with zero attached hydrogens (tertiary/aromatic N) is 2. The summed E-state index contributed by atoms with van der Waals surface area (Å²) in [7, 11) is 0. The molecule has 1 saturated heterocycles. The summed E-state index contributed by atoms with van der Waals surface area (Å²) in [6, 6.07) is 5.35. The fourth-order valence-corrected chi connectivity index (χ4v) is 2.10. The van der Waals surface area contributed by atoms with Crippen LogP contribution in [-0.4, -0.2) is 36.6 Å². The van der Waals surface area contributed by atoms with Crippen LogP contribution < -0.4 is 5.73 Å². The normalized spacial score (nSPS) is 22.1.